The van der Waals surface area contributed by atoms with Crippen molar-refractivity contribution in [1.82, 2.24) is 14.1 Å². The first-order valence-corrected chi connectivity index (χ1v) is 20.6. The Bertz CT molecular complexity index is 3670. The van der Waals surface area contributed by atoms with Crippen molar-refractivity contribution in [3.63, 3.8) is 0 Å². The minimum Gasteiger partial charge on any atom is -0.313 e. The number of hydrogen-bond donors (Lipinski definition) is 0. The summed E-state index contributed by atoms with van der Waals surface area (Å²) in [6, 6.07) is 58.4. The number of benzene rings is 8. The summed E-state index contributed by atoms with van der Waals surface area (Å²) in [5, 5.41) is 14.1. The molecule has 4 heterocycles. The van der Waals surface area contributed by atoms with Gasteiger partial charge in [0.1, 0.15) is 0 Å². The van der Waals surface area contributed by atoms with E-state index in [0.29, 0.717) is 0 Å². The molecule has 0 atom stereocenters. The molecule has 266 valence electrons. The number of hydrogen-bond acceptors (Lipinski definition) is 2. The second-order valence-corrected chi connectivity index (χ2v) is 16.4. The van der Waals surface area contributed by atoms with Gasteiger partial charge in [-0.1, -0.05) is 115 Å². The molecule has 3 nitrogen and oxygen atoms in total. The van der Waals surface area contributed by atoms with Gasteiger partial charge in [-0.05, 0) is 111 Å². The molecule has 0 radical (unpaired) electrons. The van der Waals surface area contributed by atoms with Crippen LogP contribution in [0.15, 0.2) is 170 Å². The highest BCUT2D eigenvalue weighted by atomic mass is 32.1. The van der Waals surface area contributed by atoms with Crippen molar-refractivity contribution in [3.8, 4) is 22.6 Å². The Morgan fingerprint density at radius 2 is 1.07 bits per heavy atom. The summed E-state index contributed by atoms with van der Waals surface area (Å²) < 4.78 is 7.34. The highest BCUT2D eigenvalue weighted by molar-refractivity contribution is 7.26. The molecular formula is C53H33N3S. The lowest BCUT2D eigenvalue weighted by molar-refractivity contribution is 0.889. The fourth-order valence-electron chi connectivity index (χ4n) is 9.91. The van der Waals surface area contributed by atoms with Crippen molar-refractivity contribution in [1.29, 1.82) is 0 Å². The van der Waals surface area contributed by atoms with Crippen LogP contribution >= 0.6 is 11.3 Å². The molecule has 0 fully saturated rings. The van der Waals surface area contributed by atoms with Gasteiger partial charge in [0.25, 0.3) is 0 Å². The molecule has 0 bridgehead atoms. The van der Waals surface area contributed by atoms with Gasteiger partial charge >= 0.3 is 0 Å². The first kappa shape index (κ1) is 31.2. The molecule has 1 aliphatic carbocycles. The van der Waals surface area contributed by atoms with Crippen LogP contribution in [0.4, 0.5) is 0 Å². The second kappa shape index (κ2) is 11.8. The van der Waals surface area contributed by atoms with Gasteiger partial charge in [0, 0.05) is 54.8 Å². The summed E-state index contributed by atoms with van der Waals surface area (Å²) in [5.41, 5.74) is 9.99. The third-order valence-corrected chi connectivity index (χ3v) is 13.6. The molecule has 0 aliphatic heterocycles. The largest absolute Gasteiger partial charge is 0.313 e. The van der Waals surface area contributed by atoms with Crippen LogP contribution in [-0.4, -0.2) is 14.1 Å². The van der Waals surface area contributed by atoms with Gasteiger partial charge in [-0.3, -0.25) is 4.57 Å². The van der Waals surface area contributed by atoms with Crippen molar-refractivity contribution >= 4 is 103 Å². The van der Waals surface area contributed by atoms with Crippen LogP contribution in [-0.2, 0) is 6.42 Å². The van der Waals surface area contributed by atoms with Crippen molar-refractivity contribution in [2.75, 3.05) is 0 Å². The number of allylic oxidation sites excluding steroid dienone is 1. The Labute approximate surface area is 332 Å². The van der Waals surface area contributed by atoms with Crippen molar-refractivity contribution in [3.05, 3.63) is 181 Å². The predicted molar refractivity (Wildman–Crippen MR) is 244 cm³/mol. The van der Waals surface area contributed by atoms with Gasteiger partial charge in [0.15, 0.2) is 5.82 Å². The maximum absolute atomic E-state index is 5.14. The number of pyridine rings is 1. The number of thiophene rings is 1. The van der Waals surface area contributed by atoms with Crippen LogP contribution in [0.1, 0.15) is 17.7 Å². The zero-order valence-corrected chi connectivity index (χ0v) is 31.7. The fourth-order valence-corrected chi connectivity index (χ4v) is 11.1. The summed E-state index contributed by atoms with van der Waals surface area (Å²) in [6.07, 6.45) is 8.71. The molecule has 0 amide bonds. The molecule has 0 unspecified atom stereocenters. The molecule has 0 saturated heterocycles. The molecule has 0 spiro atoms. The number of rotatable bonds is 3. The fraction of sp³-hybridized carbons (Fsp3) is 0.0377. The van der Waals surface area contributed by atoms with Crippen molar-refractivity contribution < 1.29 is 0 Å². The zero-order valence-electron chi connectivity index (χ0n) is 30.9. The van der Waals surface area contributed by atoms with Gasteiger partial charge in [0.05, 0.1) is 21.3 Å². The average molecular weight is 744 g/mol. The van der Waals surface area contributed by atoms with E-state index >= 15 is 0 Å². The van der Waals surface area contributed by atoms with E-state index in [1.165, 1.54) is 113 Å². The predicted octanol–water partition coefficient (Wildman–Crippen LogP) is 14.6. The maximum Gasteiger partial charge on any atom is 0.155 e. The van der Waals surface area contributed by atoms with Gasteiger partial charge in [-0.2, -0.15) is 0 Å². The molecule has 57 heavy (non-hydrogen) atoms. The first-order valence-electron chi connectivity index (χ1n) is 19.8. The van der Waals surface area contributed by atoms with Crippen LogP contribution in [0.3, 0.4) is 0 Å². The smallest absolute Gasteiger partial charge is 0.155 e. The molecule has 0 saturated carbocycles. The Hall–Kier alpha value is -7.01. The molecular weight excluding hydrogens is 711 g/mol. The summed E-state index contributed by atoms with van der Waals surface area (Å²) in [6.45, 7) is 0. The number of aromatic nitrogens is 3. The van der Waals surface area contributed by atoms with Gasteiger partial charge in [0.2, 0.25) is 0 Å². The Morgan fingerprint density at radius 1 is 0.456 bits per heavy atom. The van der Waals surface area contributed by atoms with Crippen LogP contribution in [0.5, 0.6) is 0 Å². The van der Waals surface area contributed by atoms with E-state index in [4.69, 9.17) is 4.98 Å². The Kier molecular flexibility index (Phi) is 6.44. The monoisotopic (exact) mass is 743 g/mol. The lowest BCUT2D eigenvalue weighted by Gasteiger charge is -2.14. The lowest BCUT2D eigenvalue weighted by atomic mass is 9.92. The van der Waals surface area contributed by atoms with E-state index in [9.17, 15) is 0 Å². The lowest BCUT2D eigenvalue weighted by Crippen LogP contribution is -2.03. The minimum absolute atomic E-state index is 0.979. The summed E-state index contributed by atoms with van der Waals surface area (Å²) in [4.78, 5) is 5.14. The average Bonchev–Trinajstić information content (AvgIpc) is 3.94. The van der Waals surface area contributed by atoms with Crippen molar-refractivity contribution in [2.45, 2.75) is 12.8 Å². The normalized spacial score (nSPS) is 13.1. The van der Waals surface area contributed by atoms with Crippen LogP contribution in [0.25, 0.3) is 114 Å². The Balaban J connectivity index is 0.990. The number of fused-ring (bicyclic) bond motifs is 15. The van der Waals surface area contributed by atoms with E-state index < -0.39 is 0 Å². The third kappa shape index (κ3) is 4.39. The molecule has 4 heteroatoms. The topological polar surface area (TPSA) is 22.8 Å². The van der Waals surface area contributed by atoms with E-state index in [1.54, 1.807) is 0 Å². The molecule has 13 rings (SSSR count). The van der Waals surface area contributed by atoms with E-state index in [2.05, 4.69) is 179 Å². The van der Waals surface area contributed by atoms with E-state index in [1.807, 2.05) is 17.5 Å². The Morgan fingerprint density at radius 3 is 1.84 bits per heavy atom. The van der Waals surface area contributed by atoms with Crippen LogP contribution in [0.2, 0.25) is 0 Å². The van der Waals surface area contributed by atoms with Gasteiger partial charge < -0.3 is 4.57 Å². The van der Waals surface area contributed by atoms with E-state index in [-0.39, 0.29) is 0 Å². The highest BCUT2D eigenvalue weighted by Gasteiger charge is 2.22. The highest BCUT2D eigenvalue weighted by Crippen LogP contribution is 2.43. The quantitative estimate of drug-likeness (QED) is 0.165. The summed E-state index contributed by atoms with van der Waals surface area (Å²) >= 11 is 1.84. The molecule has 4 aromatic heterocycles. The van der Waals surface area contributed by atoms with Crippen molar-refractivity contribution in [2.24, 2.45) is 0 Å². The minimum atomic E-state index is 0.979. The number of nitrogens with zero attached hydrogens (tertiary/aromatic N) is 3. The molecule has 8 aromatic carbocycles. The summed E-state index contributed by atoms with van der Waals surface area (Å²) in [7, 11) is 0. The zero-order chi connectivity index (χ0) is 37.2. The van der Waals surface area contributed by atoms with Crippen LogP contribution in [0, 0.1) is 0 Å². The van der Waals surface area contributed by atoms with Gasteiger partial charge in [-0.25, -0.2) is 4.98 Å². The second-order valence-electron chi connectivity index (χ2n) is 15.4. The molecule has 0 N–H and O–H groups in total. The molecule has 12 aromatic rings. The van der Waals surface area contributed by atoms with E-state index in [0.717, 1.165) is 18.7 Å². The van der Waals surface area contributed by atoms with Crippen LogP contribution < -0.4 is 0 Å². The maximum atomic E-state index is 5.14. The van der Waals surface area contributed by atoms with Gasteiger partial charge in [-0.15, -0.1) is 11.3 Å². The summed E-state index contributed by atoms with van der Waals surface area (Å²) in [5.74, 6) is 0.979. The SMILES string of the molecule is C1=Cc2c(n(-c3ccc4c(c3)c3ccccc3n4-c3nccc4c3sc3ccc(-c5ccc6c7ccccc7c7ccccc7c6c5)cc34)c3ccccc23)CC1. The number of para-hydroxylation sites is 2. The first-order chi connectivity index (χ1) is 28.3. The standard InChI is InChI=1S/C53H33N3S/c1-2-13-37-35(11-1)36-12-3-4-14-38(36)44-29-32(21-24-39(37)44)33-22-26-51-46(30-33)43-27-28-54-53(52(43)57-51)56-49-20-10-7-17-42(49)45-31-34(23-25-50(45)56)55-47-18-8-5-15-40(47)41-16-6-9-19-48(41)55/h1-8,10-18,20-31H,9,19H2. The third-order valence-electron chi connectivity index (χ3n) is 12.4. The molecule has 1 aliphatic rings.